The van der Waals surface area contributed by atoms with E-state index < -0.39 is 22.6 Å². The van der Waals surface area contributed by atoms with Crippen molar-refractivity contribution in [1.82, 2.24) is 14.8 Å². The molecule has 0 aliphatic carbocycles. The molecule has 3 atom stereocenters. The molecule has 3 aromatic rings. The summed E-state index contributed by atoms with van der Waals surface area (Å²) in [5, 5.41) is 14.1. The number of para-hydroxylation sites is 1. The quantitative estimate of drug-likeness (QED) is 0.329. The predicted octanol–water partition coefficient (Wildman–Crippen LogP) is 5.23. The molecule has 9 heteroatoms. The minimum atomic E-state index is -0.970. The van der Waals surface area contributed by atoms with E-state index in [9.17, 15) is 9.50 Å². The van der Waals surface area contributed by atoms with Crippen molar-refractivity contribution in [2.75, 3.05) is 44.8 Å². The van der Waals surface area contributed by atoms with Gasteiger partial charge in [-0.15, -0.1) is 11.6 Å². The Hall–Kier alpha value is -2.26. The standard InChI is InChI=1S/C28H34ClF3N4O/c1-17-10-21-20-6-3-4-7-24(20)34-26(21)27(36(17)15-28(2,29)16-37)25-22(31)11-18(12-23(25)32)33-19-13-35(14-19)9-5-8-30/h3-4,6-7,11-12,17,19,27,33-34,37H,5,8-10,13-16H2,1-2H3. The summed E-state index contributed by atoms with van der Waals surface area (Å²) in [6.07, 6.45) is 1.19. The maximum absolute atomic E-state index is 15.8. The zero-order valence-electron chi connectivity index (χ0n) is 21.2. The number of fused-ring (bicyclic) bond motifs is 3. The Balaban J connectivity index is 1.50. The summed E-state index contributed by atoms with van der Waals surface area (Å²) in [5.41, 5.74) is 3.08. The fourth-order valence-corrected chi connectivity index (χ4v) is 5.92. The van der Waals surface area contributed by atoms with Gasteiger partial charge in [0.05, 0.1) is 30.2 Å². The van der Waals surface area contributed by atoms with Gasteiger partial charge < -0.3 is 15.4 Å². The fraction of sp³-hybridized carbons (Fsp3) is 0.500. The number of likely N-dealkylation sites (tertiary alicyclic amines) is 1. The Kier molecular flexibility index (Phi) is 7.47. The first-order valence-electron chi connectivity index (χ1n) is 12.9. The zero-order chi connectivity index (χ0) is 26.3. The number of benzene rings is 2. The first-order chi connectivity index (χ1) is 17.7. The number of aromatic amines is 1. The van der Waals surface area contributed by atoms with Gasteiger partial charge in [-0.05, 0) is 50.5 Å². The molecule has 37 heavy (non-hydrogen) atoms. The summed E-state index contributed by atoms with van der Waals surface area (Å²) in [6, 6.07) is 9.87. The number of aromatic nitrogens is 1. The van der Waals surface area contributed by atoms with Crippen LogP contribution in [0.25, 0.3) is 10.9 Å². The number of hydrogen-bond acceptors (Lipinski definition) is 4. The van der Waals surface area contributed by atoms with Crippen LogP contribution in [-0.2, 0) is 6.42 Å². The summed E-state index contributed by atoms with van der Waals surface area (Å²) in [7, 11) is 0. The van der Waals surface area contributed by atoms with E-state index in [2.05, 4.69) is 15.2 Å². The van der Waals surface area contributed by atoms with Crippen molar-refractivity contribution in [3.05, 3.63) is 64.9 Å². The third-order valence-electron chi connectivity index (χ3n) is 7.65. The Labute approximate surface area is 220 Å². The maximum Gasteiger partial charge on any atom is 0.133 e. The van der Waals surface area contributed by atoms with Crippen LogP contribution in [-0.4, -0.2) is 76.3 Å². The Bertz CT molecular complexity index is 1240. The van der Waals surface area contributed by atoms with E-state index in [1.54, 1.807) is 6.92 Å². The number of nitrogens with zero attached hydrogens (tertiary/aromatic N) is 2. The van der Waals surface area contributed by atoms with Gasteiger partial charge in [-0.1, -0.05) is 18.2 Å². The average molecular weight is 535 g/mol. The van der Waals surface area contributed by atoms with Crippen LogP contribution in [0.3, 0.4) is 0 Å². The van der Waals surface area contributed by atoms with Gasteiger partial charge in [-0.2, -0.15) is 0 Å². The molecule has 2 aliphatic rings. The van der Waals surface area contributed by atoms with Crippen molar-refractivity contribution in [3.8, 4) is 0 Å². The van der Waals surface area contributed by atoms with Crippen LogP contribution in [0.5, 0.6) is 0 Å². The molecule has 0 saturated carbocycles. The van der Waals surface area contributed by atoms with E-state index in [0.717, 1.165) is 22.2 Å². The second-order valence-corrected chi connectivity index (χ2v) is 11.7. The van der Waals surface area contributed by atoms with Crippen molar-refractivity contribution in [1.29, 1.82) is 0 Å². The van der Waals surface area contributed by atoms with Crippen LogP contribution in [0.4, 0.5) is 18.9 Å². The molecule has 2 aromatic carbocycles. The normalized spacial score (nSPS) is 22.6. The molecule has 1 saturated heterocycles. The van der Waals surface area contributed by atoms with E-state index in [0.29, 0.717) is 38.2 Å². The fourth-order valence-electron chi connectivity index (χ4n) is 5.79. The van der Waals surface area contributed by atoms with Gasteiger partial charge >= 0.3 is 0 Å². The van der Waals surface area contributed by atoms with E-state index in [1.807, 2.05) is 36.1 Å². The summed E-state index contributed by atoms with van der Waals surface area (Å²) >= 11 is 6.58. The molecule has 5 rings (SSSR count). The van der Waals surface area contributed by atoms with Gasteiger partial charge in [0.25, 0.3) is 0 Å². The monoisotopic (exact) mass is 534 g/mol. The zero-order valence-corrected chi connectivity index (χ0v) is 22.0. The molecule has 3 heterocycles. The van der Waals surface area contributed by atoms with Gasteiger partial charge in [0, 0.05) is 60.1 Å². The number of anilines is 1. The van der Waals surface area contributed by atoms with Crippen molar-refractivity contribution >= 4 is 28.2 Å². The van der Waals surface area contributed by atoms with Crippen LogP contribution in [0, 0.1) is 11.6 Å². The van der Waals surface area contributed by atoms with Crippen LogP contribution in [0.15, 0.2) is 36.4 Å². The molecule has 2 aliphatic heterocycles. The lowest BCUT2D eigenvalue weighted by atomic mass is 9.87. The molecular formula is C28H34ClF3N4O. The third-order valence-corrected chi connectivity index (χ3v) is 7.89. The number of nitrogens with one attached hydrogen (secondary N) is 2. The molecule has 1 fully saturated rings. The molecule has 5 nitrogen and oxygen atoms in total. The minimum Gasteiger partial charge on any atom is -0.395 e. The summed E-state index contributed by atoms with van der Waals surface area (Å²) in [6.45, 7) is 5.52. The van der Waals surface area contributed by atoms with Gasteiger partial charge in [0.15, 0.2) is 0 Å². The highest BCUT2D eigenvalue weighted by Crippen LogP contribution is 2.43. The van der Waals surface area contributed by atoms with E-state index in [1.165, 1.54) is 12.1 Å². The Morgan fingerprint density at radius 2 is 1.89 bits per heavy atom. The molecule has 3 N–H and O–H groups in total. The second-order valence-electron chi connectivity index (χ2n) is 10.8. The summed E-state index contributed by atoms with van der Waals surface area (Å²) in [4.78, 5) is 6.56. The van der Waals surface area contributed by atoms with Crippen molar-refractivity contribution in [2.45, 2.75) is 49.7 Å². The maximum atomic E-state index is 15.8. The lowest BCUT2D eigenvalue weighted by Gasteiger charge is -2.44. The third kappa shape index (κ3) is 5.21. The van der Waals surface area contributed by atoms with Gasteiger partial charge in [-0.25, -0.2) is 8.78 Å². The van der Waals surface area contributed by atoms with E-state index in [-0.39, 0.29) is 37.5 Å². The minimum absolute atomic E-state index is 0.0338. The lowest BCUT2D eigenvalue weighted by Crippen LogP contribution is -2.54. The first kappa shape index (κ1) is 26.4. The smallest absolute Gasteiger partial charge is 0.133 e. The van der Waals surface area contributed by atoms with Gasteiger partial charge in [0.2, 0.25) is 0 Å². The number of alkyl halides is 2. The second kappa shape index (κ2) is 10.5. The molecule has 0 spiro atoms. The van der Waals surface area contributed by atoms with Crippen LogP contribution >= 0.6 is 11.6 Å². The number of aliphatic hydroxyl groups excluding tert-OH is 1. The number of halogens is 4. The van der Waals surface area contributed by atoms with E-state index in [4.69, 9.17) is 11.6 Å². The lowest BCUT2D eigenvalue weighted by molar-refractivity contribution is 0.110. The molecule has 3 unspecified atom stereocenters. The number of H-pyrrole nitrogens is 1. The molecule has 1 aromatic heterocycles. The summed E-state index contributed by atoms with van der Waals surface area (Å²) < 4.78 is 44.0. The van der Waals surface area contributed by atoms with Crippen molar-refractivity contribution < 1.29 is 18.3 Å². The molecule has 0 amide bonds. The predicted molar refractivity (Wildman–Crippen MR) is 142 cm³/mol. The number of hydrogen-bond donors (Lipinski definition) is 3. The number of rotatable bonds is 9. The SMILES string of the molecule is CC1Cc2c([nH]c3ccccc23)C(c2c(F)cc(NC3CN(CCCF)C3)cc2F)N1CC(C)(Cl)CO. The molecule has 0 radical (unpaired) electrons. The van der Waals surface area contributed by atoms with Gasteiger partial charge in [-0.3, -0.25) is 14.2 Å². The highest BCUT2D eigenvalue weighted by atomic mass is 35.5. The van der Waals surface area contributed by atoms with Crippen LogP contribution in [0.1, 0.15) is 43.1 Å². The van der Waals surface area contributed by atoms with Gasteiger partial charge in [0.1, 0.15) is 11.6 Å². The number of aliphatic hydroxyl groups is 1. The Morgan fingerprint density at radius 1 is 1.19 bits per heavy atom. The largest absolute Gasteiger partial charge is 0.395 e. The molecule has 200 valence electrons. The van der Waals surface area contributed by atoms with Crippen LogP contribution < -0.4 is 5.32 Å². The topological polar surface area (TPSA) is 54.5 Å². The first-order valence-corrected chi connectivity index (χ1v) is 13.3. The van der Waals surface area contributed by atoms with Crippen molar-refractivity contribution in [2.24, 2.45) is 0 Å². The molecule has 0 bridgehead atoms. The molecular weight excluding hydrogens is 501 g/mol. The van der Waals surface area contributed by atoms with Crippen LogP contribution in [0.2, 0.25) is 0 Å². The van der Waals surface area contributed by atoms with E-state index >= 15 is 8.78 Å². The highest BCUT2D eigenvalue weighted by Gasteiger charge is 2.41. The Morgan fingerprint density at radius 3 is 2.57 bits per heavy atom. The highest BCUT2D eigenvalue weighted by molar-refractivity contribution is 6.24. The summed E-state index contributed by atoms with van der Waals surface area (Å²) in [5.74, 6) is -1.27. The average Bonchev–Trinajstić information content (AvgIpc) is 3.19. The van der Waals surface area contributed by atoms with Crippen molar-refractivity contribution in [3.63, 3.8) is 0 Å².